The lowest BCUT2D eigenvalue weighted by Gasteiger charge is -2.08. The number of ether oxygens (including phenoxy) is 2. The Bertz CT molecular complexity index is 1080. The van der Waals surface area contributed by atoms with Crippen LogP contribution in [0.2, 0.25) is 0 Å². The number of benzene rings is 2. The molecule has 1 heterocycles. The summed E-state index contributed by atoms with van der Waals surface area (Å²) in [6, 6.07) is 17.4. The second-order valence-corrected chi connectivity index (χ2v) is 7.47. The first kappa shape index (κ1) is 20.7. The normalized spacial score (nSPS) is 12.3. The quantitative estimate of drug-likeness (QED) is 0.448. The molecule has 0 saturated heterocycles. The predicted molar refractivity (Wildman–Crippen MR) is 116 cm³/mol. The molecule has 4 rings (SSSR count). The molecule has 31 heavy (non-hydrogen) atoms. The Labute approximate surface area is 181 Å². The van der Waals surface area contributed by atoms with Crippen LogP contribution in [0.4, 0.5) is 0 Å². The fraction of sp³-hybridized carbons (Fsp3) is 0.292. The summed E-state index contributed by atoms with van der Waals surface area (Å²) in [6.45, 7) is 2.29. The number of nitrogens with zero attached hydrogens (tertiary/aromatic N) is 2. The van der Waals surface area contributed by atoms with E-state index in [4.69, 9.17) is 9.47 Å². The van der Waals surface area contributed by atoms with Crippen molar-refractivity contribution in [3.8, 4) is 11.4 Å². The van der Waals surface area contributed by atoms with E-state index in [0.29, 0.717) is 18.8 Å². The van der Waals surface area contributed by atoms with Crippen molar-refractivity contribution in [3.05, 3.63) is 77.1 Å². The average Bonchev–Trinajstić information content (AvgIpc) is 3.39. The zero-order valence-corrected chi connectivity index (χ0v) is 17.5. The number of nitrogens with one attached hydrogen (secondary N) is 1. The molecule has 0 fully saturated rings. The van der Waals surface area contributed by atoms with Crippen molar-refractivity contribution in [2.45, 2.75) is 26.2 Å². The maximum absolute atomic E-state index is 12.6. The van der Waals surface area contributed by atoms with Gasteiger partial charge in [0, 0.05) is 11.3 Å². The molecule has 0 aliphatic heterocycles. The van der Waals surface area contributed by atoms with Crippen LogP contribution < -0.4 is 10.1 Å². The molecular formula is C24H25N3O4. The lowest BCUT2D eigenvalue weighted by molar-refractivity contribution is -0.124. The second-order valence-electron chi connectivity index (χ2n) is 7.47. The standard InChI is InChI=1S/C24H25N3O4/c1-17-7-5-10-19(15-17)30-14-13-25-22(28)16-31-24(29)23-20-11-6-12-21(20)27(26-23)18-8-3-2-4-9-18/h2-5,7-10,15H,6,11-14,16H2,1H3,(H,25,28). The summed E-state index contributed by atoms with van der Waals surface area (Å²) in [6.07, 6.45) is 2.63. The summed E-state index contributed by atoms with van der Waals surface area (Å²) < 4.78 is 12.6. The molecule has 1 amide bonds. The highest BCUT2D eigenvalue weighted by atomic mass is 16.5. The number of fused-ring (bicyclic) bond motifs is 1. The number of esters is 1. The van der Waals surface area contributed by atoms with Gasteiger partial charge in [0.1, 0.15) is 12.4 Å². The van der Waals surface area contributed by atoms with Crippen LogP contribution in [0.1, 0.15) is 33.7 Å². The largest absolute Gasteiger partial charge is 0.492 e. The number of carbonyl (C=O) groups is 2. The molecule has 0 atom stereocenters. The lowest BCUT2D eigenvalue weighted by Crippen LogP contribution is -2.32. The summed E-state index contributed by atoms with van der Waals surface area (Å²) in [4.78, 5) is 24.6. The van der Waals surface area contributed by atoms with Gasteiger partial charge in [-0.25, -0.2) is 9.48 Å². The van der Waals surface area contributed by atoms with Crippen LogP contribution in [0.25, 0.3) is 5.69 Å². The third kappa shape index (κ3) is 4.94. The number of hydrogen-bond acceptors (Lipinski definition) is 5. The Kier molecular flexibility index (Phi) is 6.31. The highest BCUT2D eigenvalue weighted by molar-refractivity contribution is 5.91. The Hall–Kier alpha value is -3.61. The monoisotopic (exact) mass is 419 g/mol. The van der Waals surface area contributed by atoms with Crippen molar-refractivity contribution in [3.63, 3.8) is 0 Å². The molecule has 7 nitrogen and oxygen atoms in total. The molecule has 7 heteroatoms. The van der Waals surface area contributed by atoms with Crippen molar-refractivity contribution in [2.24, 2.45) is 0 Å². The Morgan fingerprint density at radius 2 is 1.94 bits per heavy atom. The zero-order chi connectivity index (χ0) is 21.6. The van der Waals surface area contributed by atoms with Crippen LogP contribution in [0, 0.1) is 6.92 Å². The number of rotatable bonds is 8. The molecule has 160 valence electrons. The van der Waals surface area contributed by atoms with Gasteiger partial charge in [0.25, 0.3) is 5.91 Å². The summed E-state index contributed by atoms with van der Waals surface area (Å²) in [5.41, 5.74) is 4.27. The van der Waals surface area contributed by atoms with E-state index in [1.807, 2.05) is 66.2 Å². The molecule has 0 bridgehead atoms. The molecule has 1 N–H and O–H groups in total. The predicted octanol–water partition coefficient (Wildman–Crippen LogP) is 3.02. The van der Waals surface area contributed by atoms with Gasteiger partial charge in [0.15, 0.2) is 12.3 Å². The highest BCUT2D eigenvalue weighted by Crippen LogP contribution is 2.28. The molecule has 0 saturated carbocycles. The van der Waals surface area contributed by atoms with E-state index in [1.54, 1.807) is 0 Å². The molecule has 0 unspecified atom stereocenters. The van der Waals surface area contributed by atoms with Crippen LogP contribution in [-0.4, -0.2) is 41.4 Å². The molecule has 2 aromatic carbocycles. The van der Waals surface area contributed by atoms with E-state index < -0.39 is 5.97 Å². The summed E-state index contributed by atoms with van der Waals surface area (Å²) in [5, 5.41) is 7.18. The van der Waals surface area contributed by atoms with Crippen molar-refractivity contribution in [1.29, 1.82) is 0 Å². The fourth-order valence-electron chi connectivity index (χ4n) is 3.70. The number of para-hydroxylation sites is 1. The van der Waals surface area contributed by atoms with Crippen molar-refractivity contribution in [2.75, 3.05) is 19.8 Å². The van der Waals surface area contributed by atoms with Gasteiger partial charge >= 0.3 is 5.97 Å². The molecule has 0 radical (unpaired) electrons. The number of hydrogen-bond donors (Lipinski definition) is 1. The number of amides is 1. The number of aryl methyl sites for hydroxylation is 1. The third-order valence-electron chi connectivity index (χ3n) is 5.14. The maximum Gasteiger partial charge on any atom is 0.359 e. The Balaban J connectivity index is 1.28. The van der Waals surface area contributed by atoms with Crippen molar-refractivity contribution in [1.82, 2.24) is 15.1 Å². The molecule has 3 aromatic rings. The minimum atomic E-state index is -0.570. The van der Waals surface area contributed by atoms with E-state index in [-0.39, 0.29) is 12.5 Å². The lowest BCUT2D eigenvalue weighted by atomic mass is 10.2. The van der Waals surface area contributed by atoms with Gasteiger partial charge in [-0.05, 0) is 56.0 Å². The second kappa shape index (κ2) is 9.47. The molecule has 1 aliphatic rings. The van der Waals surface area contributed by atoms with Gasteiger partial charge in [-0.3, -0.25) is 4.79 Å². The maximum atomic E-state index is 12.6. The van der Waals surface area contributed by atoms with Gasteiger partial charge in [-0.1, -0.05) is 30.3 Å². The summed E-state index contributed by atoms with van der Waals surface area (Å²) >= 11 is 0. The summed E-state index contributed by atoms with van der Waals surface area (Å²) in [5.74, 6) is -0.192. The summed E-state index contributed by atoms with van der Waals surface area (Å²) in [7, 11) is 0. The first-order valence-corrected chi connectivity index (χ1v) is 10.4. The minimum Gasteiger partial charge on any atom is -0.492 e. The fourth-order valence-corrected chi connectivity index (χ4v) is 3.70. The SMILES string of the molecule is Cc1cccc(OCCNC(=O)COC(=O)c2nn(-c3ccccc3)c3c2CCC3)c1. The van der Waals surface area contributed by atoms with Gasteiger partial charge < -0.3 is 14.8 Å². The van der Waals surface area contributed by atoms with E-state index in [9.17, 15) is 9.59 Å². The first-order chi connectivity index (χ1) is 15.1. The Morgan fingerprint density at radius 3 is 2.74 bits per heavy atom. The van der Waals surface area contributed by atoms with E-state index in [2.05, 4.69) is 10.4 Å². The van der Waals surface area contributed by atoms with Gasteiger partial charge in [0.2, 0.25) is 0 Å². The Morgan fingerprint density at radius 1 is 1.10 bits per heavy atom. The van der Waals surface area contributed by atoms with Crippen molar-refractivity contribution < 1.29 is 19.1 Å². The highest BCUT2D eigenvalue weighted by Gasteiger charge is 2.28. The van der Waals surface area contributed by atoms with Crippen LogP contribution in [-0.2, 0) is 22.4 Å². The van der Waals surface area contributed by atoms with Crippen LogP contribution in [0.5, 0.6) is 5.75 Å². The number of aromatic nitrogens is 2. The van der Waals surface area contributed by atoms with Crippen LogP contribution in [0.3, 0.4) is 0 Å². The van der Waals surface area contributed by atoms with E-state index >= 15 is 0 Å². The molecule has 1 aromatic heterocycles. The average molecular weight is 419 g/mol. The third-order valence-corrected chi connectivity index (χ3v) is 5.14. The molecule has 0 spiro atoms. The topological polar surface area (TPSA) is 82.4 Å². The van der Waals surface area contributed by atoms with Gasteiger partial charge in [-0.15, -0.1) is 0 Å². The minimum absolute atomic E-state index is 0.298. The first-order valence-electron chi connectivity index (χ1n) is 10.4. The molecular weight excluding hydrogens is 394 g/mol. The van der Waals surface area contributed by atoms with Gasteiger partial charge in [-0.2, -0.15) is 5.10 Å². The molecule has 1 aliphatic carbocycles. The number of carbonyl (C=O) groups excluding carboxylic acids is 2. The van der Waals surface area contributed by atoms with E-state index in [1.165, 1.54) is 0 Å². The van der Waals surface area contributed by atoms with E-state index in [0.717, 1.165) is 47.5 Å². The smallest absolute Gasteiger partial charge is 0.359 e. The zero-order valence-electron chi connectivity index (χ0n) is 17.5. The van der Waals surface area contributed by atoms with Gasteiger partial charge in [0.05, 0.1) is 12.2 Å². The van der Waals surface area contributed by atoms with Crippen molar-refractivity contribution >= 4 is 11.9 Å². The van der Waals surface area contributed by atoms with Crippen LogP contribution >= 0.6 is 0 Å². The van der Waals surface area contributed by atoms with Crippen LogP contribution in [0.15, 0.2) is 54.6 Å².